The smallest absolute Gasteiger partial charge is 0.0343 e. The quantitative estimate of drug-likeness (QED) is 0.569. The molecule has 0 amide bonds. The van der Waals surface area contributed by atoms with E-state index in [4.69, 9.17) is 0 Å². The zero-order valence-electron chi connectivity index (χ0n) is 12.7. The van der Waals surface area contributed by atoms with Crippen molar-refractivity contribution in [3.05, 3.63) is 95.7 Å². The van der Waals surface area contributed by atoms with Gasteiger partial charge in [0.25, 0.3) is 0 Å². The Kier molecular flexibility index (Phi) is 4.45. The maximum absolute atomic E-state index is 4.53. The van der Waals surface area contributed by atoms with Gasteiger partial charge in [0.1, 0.15) is 0 Å². The second-order valence-electron chi connectivity index (χ2n) is 5.36. The molecule has 0 aliphatic carbocycles. The van der Waals surface area contributed by atoms with E-state index in [0.717, 1.165) is 17.7 Å². The largest absolute Gasteiger partial charge is 0.261 e. The molecule has 0 aromatic heterocycles. The number of nitrogens with zero attached hydrogens (tertiary/aromatic N) is 1. The first-order chi connectivity index (χ1) is 10.8. The number of fused-ring (bicyclic) bond motifs is 1. The van der Waals surface area contributed by atoms with E-state index in [9.17, 15) is 0 Å². The van der Waals surface area contributed by atoms with Crippen molar-refractivity contribution < 1.29 is 0 Å². The molecule has 0 fully saturated rings. The van der Waals surface area contributed by atoms with Crippen LogP contribution >= 0.6 is 0 Å². The molecule has 0 radical (unpaired) electrons. The molecule has 0 bridgehead atoms. The van der Waals surface area contributed by atoms with Crippen molar-refractivity contribution in [3.63, 3.8) is 0 Å². The monoisotopic (exact) mass is 285 g/mol. The summed E-state index contributed by atoms with van der Waals surface area (Å²) < 4.78 is 0. The van der Waals surface area contributed by atoms with Crippen LogP contribution in [0.5, 0.6) is 0 Å². The van der Waals surface area contributed by atoms with Gasteiger partial charge in [0, 0.05) is 11.9 Å². The first-order valence-electron chi connectivity index (χ1n) is 7.55. The molecule has 0 unspecified atom stereocenters. The van der Waals surface area contributed by atoms with E-state index in [1.54, 1.807) is 0 Å². The topological polar surface area (TPSA) is 12.4 Å². The highest BCUT2D eigenvalue weighted by Gasteiger charge is 1.98. The Hall–Kier alpha value is -2.67. The maximum atomic E-state index is 4.53. The minimum atomic E-state index is 0.902. The fourth-order valence-electron chi connectivity index (χ4n) is 2.50. The van der Waals surface area contributed by atoms with Gasteiger partial charge in [-0.05, 0) is 35.2 Å². The molecule has 3 aromatic carbocycles. The third-order valence-electron chi connectivity index (χ3n) is 3.71. The predicted molar refractivity (Wildman–Crippen MR) is 95.4 cm³/mol. The van der Waals surface area contributed by atoms with Crippen molar-refractivity contribution in [2.24, 2.45) is 4.99 Å². The van der Waals surface area contributed by atoms with E-state index in [-0.39, 0.29) is 0 Å². The lowest BCUT2D eigenvalue weighted by Crippen LogP contribution is -1.86. The molecule has 22 heavy (non-hydrogen) atoms. The second kappa shape index (κ2) is 6.86. The Morgan fingerprint density at radius 3 is 2.45 bits per heavy atom. The summed E-state index contributed by atoms with van der Waals surface area (Å²) in [6.07, 6.45) is 5.00. The Labute approximate surface area is 131 Å². The molecule has 1 nitrogen and oxygen atoms in total. The van der Waals surface area contributed by atoms with E-state index in [1.807, 2.05) is 31.3 Å². The first kappa shape index (κ1) is 14.3. The van der Waals surface area contributed by atoms with E-state index in [1.165, 1.54) is 16.3 Å². The highest BCUT2D eigenvalue weighted by molar-refractivity contribution is 5.85. The van der Waals surface area contributed by atoms with Crippen LogP contribution in [0.4, 0.5) is 0 Å². The standard InChI is InChI=1S/C21H19N/c1-17(22-16-18-8-3-2-4-9-18)14-15-20-12-7-11-19-10-5-6-13-21(19)20/h2-14,16H,15H2,1H3/b17-14-,22-16?. The van der Waals surface area contributed by atoms with Crippen LogP contribution in [0, 0.1) is 0 Å². The van der Waals surface area contributed by atoms with Gasteiger partial charge in [-0.15, -0.1) is 0 Å². The lowest BCUT2D eigenvalue weighted by molar-refractivity contribution is 1.20. The third-order valence-corrected chi connectivity index (χ3v) is 3.71. The molecule has 1 heteroatoms. The van der Waals surface area contributed by atoms with Gasteiger partial charge in [-0.1, -0.05) is 78.9 Å². The minimum Gasteiger partial charge on any atom is -0.261 e. The average molecular weight is 285 g/mol. The van der Waals surface area contributed by atoms with Gasteiger partial charge in [0.15, 0.2) is 0 Å². The molecule has 0 aliphatic rings. The van der Waals surface area contributed by atoms with Crippen molar-refractivity contribution in [1.82, 2.24) is 0 Å². The lowest BCUT2D eigenvalue weighted by atomic mass is 10.0. The molecule has 0 saturated heterocycles. The molecular formula is C21H19N. The molecule has 0 N–H and O–H groups in total. The lowest BCUT2D eigenvalue weighted by Gasteiger charge is -2.04. The van der Waals surface area contributed by atoms with Gasteiger partial charge >= 0.3 is 0 Å². The fraction of sp³-hybridized carbons (Fsp3) is 0.0952. The van der Waals surface area contributed by atoms with Crippen molar-refractivity contribution in [1.29, 1.82) is 0 Å². The summed E-state index contributed by atoms with van der Waals surface area (Å²) in [7, 11) is 0. The zero-order chi connectivity index (χ0) is 15.2. The average Bonchev–Trinajstić information content (AvgIpc) is 2.59. The summed E-state index contributed by atoms with van der Waals surface area (Å²) in [6, 6.07) is 25.2. The van der Waals surface area contributed by atoms with Gasteiger partial charge in [-0.3, -0.25) is 4.99 Å². The van der Waals surface area contributed by atoms with E-state index in [0.29, 0.717) is 0 Å². The van der Waals surface area contributed by atoms with Crippen LogP contribution in [0.15, 0.2) is 89.6 Å². The van der Waals surface area contributed by atoms with Crippen LogP contribution < -0.4 is 0 Å². The molecule has 0 saturated carbocycles. The maximum Gasteiger partial charge on any atom is 0.0343 e. The highest BCUT2D eigenvalue weighted by Crippen LogP contribution is 2.19. The van der Waals surface area contributed by atoms with Crippen molar-refractivity contribution in [2.45, 2.75) is 13.3 Å². The summed E-state index contributed by atoms with van der Waals surface area (Å²) in [6.45, 7) is 2.05. The van der Waals surface area contributed by atoms with Gasteiger partial charge < -0.3 is 0 Å². The fourth-order valence-corrected chi connectivity index (χ4v) is 2.50. The molecule has 0 heterocycles. The van der Waals surface area contributed by atoms with Crippen molar-refractivity contribution >= 4 is 17.0 Å². The number of aliphatic imine (C=N–C) groups is 1. The Morgan fingerprint density at radius 1 is 0.864 bits per heavy atom. The molecule has 3 aromatic rings. The summed E-state index contributed by atoms with van der Waals surface area (Å²) >= 11 is 0. The van der Waals surface area contributed by atoms with Crippen molar-refractivity contribution in [3.8, 4) is 0 Å². The van der Waals surface area contributed by atoms with E-state index >= 15 is 0 Å². The molecule has 3 rings (SSSR count). The molecule has 0 spiro atoms. The number of hydrogen-bond acceptors (Lipinski definition) is 1. The number of rotatable bonds is 4. The van der Waals surface area contributed by atoms with Crippen LogP contribution in [-0.2, 0) is 6.42 Å². The Morgan fingerprint density at radius 2 is 1.59 bits per heavy atom. The first-order valence-corrected chi connectivity index (χ1v) is 7.55. The van der Waals surface area contributed by atoms with Gasteiger partial charge in [-0.25, -0.2) is 0 Å². The molecular weight excluding hydrogens is 266 g/mol. The summed E-state index contributed by atoms with van der Waals surface area (Å²) in [5.41, 5.74) is 3.50. The van der Waals surface area contributed by atoms with Crippen LogP contribution in [0.3, 0.4) is 0 Å². The number of hydrogen-bond donors (Lipinski definition) is 0. The summed E-state index contributed by atoms with van der Waals surface area (Å²) in [5.74, 6) is 0. The Balaban J connectivity index is 1.76. The van der Waals surface area contributed by atoms with Crippen LogP contribution in [0.1, 0.15) is 18.1 Å². The normalized spacial score (nSPS) is 12.1. The van der Waals surface area contributed by atoms with Crippen molar-refractivity contribution in [2.75, 3.05) is 0 Å². The summed E-state index contributed by atoms with van der Waals surface area (Å²) in [4.78, 5) is 4.53. The van der Waals surface area contributed by atoms with E-state index in [2.05, 4.69) is 65.7 Å². The van der Waals surface area contributed by atoms with Gasteiger partial charge in [0.05, 0.1) is 0 Å². The summed E-state index contributed by atoms with van der Waals surface area (Å²) in [5, 5.41) is 2.61. The van der Waals surface area contributed by atoms with E-state index < -0.39 is 0 Å². The SMILES string of the molecule is C/C(=C/Cc1cccc2ccccc12)N=Cc1ccccc1. The molecule has 0 aliphatic heterocycles. The number of benzene rings is 3. The van der Waals surface area contributed by atoms with Gasteiger partial charge in [0.2, 0.25) is 0 Å². The Bertz CT molecular complexity index is 808. The van der Waals surface area contributed by atoms with Crippen LogP contribution in [-0.4, -0.2) is 6.21 Å². The zero-order valence-corrected chi connectivity index (χ0v) is 12.7. The van der Waals surface area contributed by atoms with Crippen LogP contribution in [0.2, 0.25) is 0 Å². The number of allylic oxidation sites excluding steroid dienone is 2. The highest BCUT2D eigenvalue weighted by atomic mass is 14.7. The van der Waals surface area contributed by atoms with Crippen LogP contribution in [0.25, 0.3) is 10.8 Å². The third kappa shape index (κ3) is 3.50. The van der Waals surface area contributed by atoms with Gasteiger partial charge in [-0.2, -0.15) is 0 Å². The predicted octanol–water partition coefficient (Wildman–Crippen LogP) is 5.41. The second-order valence-corrected chi connectivity index (χ2v) is 5.36. The molecule has 0 atom stereocenters. The molecule has 108 valence electrons. The minimum absolute atomic E-state index is 0.902.